The number of fused-ring (bicyclic) bond motifs is 1. The number of nitrogens with one attached hydrogen (secondary N) is 2. The number of likely N-dealkylation sites (N-methyl/N-ethyl adjacent to an activating group) is 1. The average Bonchev–Trinajstić information content (AvgIpc) is 3.40. The second-order valence-electron chi connectivity index (χ2n) is 7.51. The molecule has 1 aromatic carbocycles. The molecule has 0 saturated carbocycles. The molecule has 10 heteroatoms. The molecule has 2 aromatic heterocycles. The maximum atomic E-state index is 13.3. The Kier molecular flexibility index (Phi) is 6.55. The van der Waals surface area contributed by atoms with Crippen molar-refractivity contribution in [2.24, 2.45) is 0 Å². The third-order valence-corrected chi connectivity index (χ3v) is 6.55. The van der Waals surface area contributed by atoms with Crippen molar-refractivity contribution < 1.29 is 14.3 Å². The van der Waals surface area contributed by atoms with Crippen molar-refractivity contribution in [2.45, 2.75) is 12.8 Å². The van der Waals surface area contributed by atoms with Crippen LogP contribution in [0.25, 0.3) is 11.0 Å². The molecule has 0 amide bonds. The third kappa shape index (κ3) is 4.44. The van der Waals surface area contributed by atoms with Crippen LogP contribution in [0, 0.1) is 0 Å². The number of thiophene rings is 1. The summed E-state index contributed by atoms with van der Waals surface area (Å²) < 4.78 is 5.22. The lowest BCUT2D eigenvalue weighted by molar-refractivity contribution is -0.143. The zero-order valence-electron chi connectivity index (χ0n) is 17.6. The van der Waals surface area contributed by atoms with Crippen molar-refractivity contribution in [3.63, 3.8) is 0 Å². The van der Waals surface area contributed by atoms with E-state index in [9.17, 15) is 9.59 Å². The van der Waals surface area contributed by atoms with Gasteiger partial charge in [-0.1, -0.05) is 0 Å². The number of H-pyrrole nitrogens is 1. The molecule has 4 rings (SSSR count). The lowest BCUT2D eigenvalue weighted by atomic mass is 9.98. The Morgan fingerprint density at radius 3 is 2.77 bits per heavy atom. The Morgan fingerprint density at radius 2 is 2.06 bits per heavy atom. The molecule has 8 nitrogen and oxygen atoms in total. The first-order valence-electron chi connectivity index (χ1n) is 10.2. The summed E-state index contributed by atoms with van der Waals surface area (Å²) in [4.78, 5) is 38.5. The summed E-state index contributed by atoms with van der Waals surface area (Å²) in [6.45, 7) is 5.85. The van der Waals surface area contributed by atoms with Crippen molar-refractivity contribution in [3.8, 4) is 0 Å². The van der Waals surface area contributed by atoms with E-state index in [1.807, 2.05) is 23.6 Å². The molecule has 1 aliphatic rings. The number of carbonyl (C=O) groups is 2. The van der Waals surface area contributed by atoms with E-state index in [1.165, 1.54) is 11.3 Å². The molecule has 0 aliphatic carbocycles. The molecule has 2 unspecified atom stereocenters. The fourth-order valence-corrected chi connectivity index (χ4v) is 4.88. The maximum Gasteiger partial charge on any atom is 0.324 e. The fraction of sp³-hybridized carbons (Fsp3) is 0.381. The minimum absolute atomic E-state index is 0.189. The lowest BCUT2D eigenvalue weighted by Crippen LogP contribution is -2.44. The number of nitrogens with zero attached hydrogens (tertiary/aromatic N) is 3. The van der Waals surface area contributed by atoms with Crippen LogP contribution in [0.3, 0.4) is 0 Å². The van der Waals surface area contributed by atoms with Crippen LogP contribution in [0.4, 0.5) is 11.4 Å². The summed E-state index contributed by atoms with van der Waals surface area (Å²) in [7, 11) is 4.50. The quantitative estimate of drug-likeness (QED) is 0.243. The second kappa shape index (κ2) is 9.34. The van der Waals surface area contributed by atoms with Gasteiger partial charge in [-0.05, 0) is 41.6 Å². The standard InChI is InChI=1S/C21H26N5O3PS/c1-3-29-21(28)18(19(27)14-11-31-12-17(14)24-30)20-22-15-5-4-13(10-16(15)23-20)26-8-6-25(2)7-9-26/h4-5,10-12,18,24H,3,6-9,30H2,1-2H3,(H,22,23). The van der Waals surface area contributed by atoms with Gasteiger partial charge < -0.3 is 24.6 Å². The number of rotatable bonds is 7. The van der Waals surface area contributed by atoms with Gasteiger partial charge in [-0.2, -0.15) is 0 Å². The molecule has 2 N–H and O–H groups in total. The molecule has 0 spiro atoms. The number of hydrogen-bond acceptors (Lipinski definition) is 8. The summed E-state index contributed by atoms with van der Waals surface area (Å²) in [6.07, 6.45) is 0. The zero-order chi connectivity index (χ0) is 22.0. The number of piperazine rings is 1. The van der Waals surface area contributed by atoms with Crippen molar-refractivity contribution in [2.75, 3.05) is 49.8 Å². The van der Waals surface area contributed by atoms with Crippen LogP contribution < -0.4 is 9.99 Å². The van der Waals surface area contributed by atoms with Crippen LogP contribution in [0.1, 0.15) is 29.0 Å². The van der Waals surface area contributed by atoms with E-state index in [-0.39, 0.29) is 12.4 Å². The number of aromatic nitrogens is 2. The smallest absolute Gasteiger partial charge is 0.324 e. The van der Waals surface area contributed by atoms with E-state index < -0.39 is 11.9 Å². The van der Waals surface area contributed by atoms with Gasteiger partial charge in [0.05, 0.1) is 28.9 Å². The van der Waals surface area contributed by atoms with Crippen LogP contribution in [-0.2, 0) is 9.53 Å². The summed E-state index contributed by atoms with van der Waals surface area (Å²) in [6, 6.07) is 5.99. The molecule has 164 valence electrons. The number of esters is 1. The summed E-state index contributed by atoms with van der Waals surface area (Å²) in [5, 5.41) is 6.48. The number of imidazole rings is 1. The van der Waals surface area contributed by atoms with Gasteiger partial charge >= 0.3 is 5.97 Å². The number of ether oxygens (including phenoxy) is 1. The van der Waals surface area contributed by atoms with E-state index in [0.717, 1.165) is 37.4 Å². The van der Waals surface area contributed by atoms with Gasteiger partial charge in [0.2, 0.25) is 0 Å². The summed E-state index contributed by atoms with van der Waals surface area (Å²) in [5.41, 5.74) is 3.70. The van der Waals surface area contributed by atoms with E-state index in [0.29, 0.717) is 22.6 Å². The third-order valence-electron chi connectivity index (χ3n) is 5.49. The van der Waals surface area contributed by atoms with Crippen LogP contribution in [0.15, 0.2) is 29.0 Å². The Balaban J connectivity index is 1.68. The monoisotopic (exact) mass is 459 g/mol. The minimum Gasteiger partial charge on any atom is -0.465 e. The molecular formula is C21H26N5O3PS. The zero-order valence-corrected chi connectivity index (χ0v) is 19.5. The van der Waals surface area contributed by atoms with Gasteiger partial charge in [-0.15, -0.1) is 11.3 Å². The number of aromatic amines is 1. The molecule has 3 aromatic rings. The average molecular weight is 460 g/mol. The fourth-order valence-electron chi connectivity index (χ4n) is 3.74. The SMILES string of the molecule is CCOC(=O)C(C(=O)c1cscc1NP)c1nc2ccc(N3CCN(C)CC3)cc2[nH]1. The van der Waals surface area contributed by atoms with Gasteiger partial charge in [-0.25, -0.2) is 4.98 Å². The highest BCUT2D eigenvalue weighted by molar-refractivity contribution is 7.19. The lowest BCUT2D eigenvalue weighted by Gasteiger charge is -2.34. The van der Waals surface area contributed by atoms with Crippen LogP contribution in [0.2, 0.25) is 0 Å². The topological polar surface area (TPSA) is 90.6 Å². The largest absolute Gasteiger partial charge is 0.465 e. The number of anilines is 2. The number of Topliss-reactive ketones (excluding diaryl/α,β-unsaturated/α-hetero) is 1. The van der Waals surface area contributed by atoms with Crippen molar-refractivity contribution in [1.82, 2.24) is 14.9 Å². The molecule has 3 heterocycles. The predicted octanol–water partition coefficient (Wildman–Crippen LogP) is 3.11. The minimum atomic E-state index is -1.15. The first kappa shape index (κ1) is 21.7. The Morgan fingerprint density at radius 1 is 1.29 bits per heavy atom. The predicted molar refractivity (Wildman–Crippen MR) is 127 cm³/mol. The van der Waals surface area contributed by atoms with Crippen molar-refractivity contribution in [1.29, 1.82) is 0 Å². The molecule has 1 aliphatic heterocycles. The van der Waals surface area contributed by atoms with Gasteiger partial charge in [0.25, 0.3) is 0 Å². The molecule has 0 bridgehead atoms. The Hall–Kier alpha value is -2.48. The number of ketones is 1. The van der Waals surface area contributed by atoms with Gasteiger partial charge in [0, 0.05) is 42.6 Å². The van der Waals surface area contributed by atoms with E-state index >= 15 is 0 Å². The number of hydrogen-bond donors (Lipinski definition) is 2. The highest BCUT2D eigenvalue weighted by Crippen LogP contribution is 2.31. The van der Waals surface area contributed by atoms with Crippen LogP contribution in [0.5, 0.6) is 0 Å². The molecule has 0 radical (unpaired) electrons. The Bertz CT molecular complexity index is 1090. The molecular weight excluding hydrogens is 433 g/mol. The first-order valence-corrected chi connectivity index (χ1v) is 11.7. The van der Waals surface area contributed by atoms with Gasteiger partial charge in [0.1, 0.15) is 5.82 Å². The van der Waals surface area contributed by atoms with Crippen LogP contribution in [-0.4, -0.2) is 66.5 Å². The molecule has 1 saturated heterocycles. The number of carbonyl (C=O) groups excluding carboxylic acids is 2. The van der Waals surface area contributed by atoms with Crippen molar-refractivity contribution in [3.05, 3.63) is 40.3 Å². The van der Waals surface area contributed by atoms with Gasteiger partial charge in [0.15, 0.2) is 11.7 Å². The number of benzene rings is 1. The molecule has 31 heavy (non-hydrogen) atoms. The first-order chi connectivity index (χ1) is 15.0. The van der Waals surface area contributed by atoms with Gasteiger partial charge in [-0.3, -0.25) is 9.59 Å². The summed E-state index contributed by atoms with van der Waals surface area (Å²) in [5.74, 6) is -1.80. The molecule has 1 fully saturated rings. The van der Waals surface area contributed by atoms with Crippen LogP contribution >= 0.6 is 20.7 Å². The highest BCUT2D eigenvalue weighted by Gasteiger charge is 2.35. The molecule has 2 atom stereocenters. The van der Waals surface area contributed by atoms with Crippen molar-refractivity contribution >= 4 is 54.9 Å². The van der Waals surface area contributed by atoms with E-state index in [1.54, 1.807) is 12.3 Å². The highest BCUT2D eigenvalue weighted by atomic mass is 32.1. The van der Waals surface area contributed by atoms with E-state index in [4.69, 9.17) is 4.74 Å². The second-order valence-corrected chi connectivity index (χ2v) is 8.54. The maximum absolute atomic E-state index is 13.3. The summed E-state index contributed by atoms with van der Waals surface area (Å²) >= 11 is 1.39. The van der Waals surface area contributed by atoms with E-state index in [2.05, 4.69) is 41.3 Å². The Labute approximate surface area is 187 Å². The normalized spacial score (nSPS) is 15.8.